The number of alkyl carbamates (subject to hydrolysis) is 1. The summed E-state index contributed by atoms with van der Waals surface area (Å²) >= 11 is 0. The maximum Gasteiger partial charge on any atom is 0.500 e. The molecule has 0 heterocycles. The Morgan fingerprint density at radius 2 is 1.43 bits per heavy atom. The van der Waals surface area contributed by atoms with Crippen molar-refractivity contribution < 1.29 is 42.2 Å². The molecule has 1 aromatic rings. The molecule has 0 fully saturated rings. The monoisotopic (exact) mass is 611 g/mol. The minimum atomic E-state index is -2.69. The van der Waals surface area contributed by atoms with Crippen LogP contribution in [0, 0.1) is 0 Å². The molecule has 240 valence electrons. The van der Waals surface area contributed by atoms with Gasteiger partial charge in [0.25, 0.3) is 0 Å². The van der Waals surface area contributed by atoms with Crippen LogP contribution in [0.2, 0.25) is 6.04 Å². The second-order valence-electron chi connectivity index (χ2n) is 9.69. The van der Waals surface area contributed by atoms with Crippen molar-refractivity contribution in [2.24, 2.45) is 0 Å². The molecule has 0 aliphatic carbocycles. The maximum absolute atomic E-state index is 12.0. The van der Waals surface area contributed by atoms with E-state index in [2.05, 4.69) is 12.2 Å². The second kappa shape index (κ2) is 23.9. The highest BCUT2D eigenvalue weighted by Crippen LogP contribution is 2.29. The molecule has 0 atom stereocenters. The van der Waals surface area contributed by atoms with Crippen molar-refractivity contribution in [2.75, 3.05) is 46.2 Å². The normalized spacial score (nSPS) is 11.5. The summed E-state index contributed by atoms with van der Waals surface area (Å²) in [6.07, 6.45) is 10.2. The number of allylic oxidation sites excluding steroid dienone is 1. The molecule has 0 aliphatic heterocycles. The molecule has 0 aromatic heterocycles. The van der Waals surface area contributed by atoms with Crippen LogP contribution in [-0.2, 0) is 29.2 Å². The number of unbranched alkanes of at least 4 members (excludes halogenated alkanes) is 5. The molecule has 0 saturated carbocycles. The third-order valence-electron chi connectivity index (χ3n) is 6.18. The van der Waals surface area contributed by atoms with Gasteiger partial charge in [-0.1, -0.05) is 31.9 Å². The minimum Gasteiger partial charge on any atom is -0.490 e. The van der Waals surface area contributed by atoms with Crippen molar-refractivity contribution in [1.82, 2.24) is 5.32 Å². The van der Waals surface area contributed by atoms with Gasteiger partial charge in [-0.2, -0.15) is 0 Å². The van der Waals surface area contributed by atoms with Gasteiger partial charge < -0.3 is 37.9 Å². The summed E-state index contributed by atoms with van der Waals surface area (Å²) in [7, 11) is -2.69. The maximum atomic E-state index is 12.0. The average molecular weight is 612 g/mol. The molecule has 42 heavy (non-hydrogen) atoms. The summed E-state index contributed by atoms with van der Waals surface area (Å²) < 4.78 is 34.8. The van der Waals surface area contributed by atoms with Gasteiger partial charge in [-0.05, 0) is 83.4 Å². The molecule has 0 aliphatic rings. The summed E-state index contributed by atoms with van der Waals surface area (Å²) in [4.78, 5) is 22.8. The highest BCUT2D eigenvalue weighted by molar-refractivity contribution is 6.60. The Balaban J connectivity index is 2.32. The summed E-state index contributed by atoms with van der Waals surface area (Å²) in [5.74, 6) is 0.421. The van der Waals surface area contributed by atoms with E-state index in [9.17, 15) is 9.59 Å². The van der Waals surface area contributed by atoms with Crippen LogP contribution in [-0.4, -0.2) is 72.2 Å². The predicted octanol–water partition coefficient (Wildman–Crippen LogP) is 6.54. The summed E-state index contributed by atoms with van der Waals surface area (Å²) in [5.41, 5.74) is 0.957. The topological polar surface area (TPSA) is 122 Å². The minimum absolute atomic E-state index is 0.365. The van der Waals surface area contributed by atoms with Crippen LogP contribution in [0.3, 0.4) is 0 Å². The fourth-order valence-electron chi connectivity index (χ4n) is 4.19. The van der Waals surface area contributed by atoms with E-state index in [1.165, 1.54) is 0 Å². The first-order valence-corrected chi connectivity index (χ1v) is 17.4. The fraction of sp³-hybridized carbons (Fsp3) is 0.677. The van der Waals surface area contributed by atoms with Crippen molar-refractivity contribution in [3.63, 3.8) is 0 Å². The number of aliphatic carboxylic acids is 1. The lowest BCUT2D eigenvalue weighted by molar-refractivity contribution is -0.131. The van der Waals surface area contributed by atoms with Crippen molar-refractivity contribution in [2.45, 2.75) is 91.5 Å². The fourth-order valence-corrected chi connectivity index (χ4v) is 6.81. The molecule has 0 spiro atoms. The third-order valence-corrected chi connectivity index (χ3v) is 9.33. The van der Waals surface area contributed by atoms with Crippen molar-refractivity contribution >= 4 is 20.9 Å². The zero-order valence-electron chi connectivity index (χ0n) is 26.1. The van der Waals surface area contributed by atoms with E-state index in [1.54, 1.807) is 6.08 Å². The summed E-state index contributed by atoms with van der Waals surface area (Å²) in [6.45, 7) is 11.5. The molecule has 1 aromatic carbocycles. The van der Waals surface area contributed by atoms with Gasteiger partial charge in [0.1, 0.15) is 0 Å². The molecule has 11 heteroatoms. The quantitative estimate of drug-likeness (QED) is 0.0683. The van der Waals surface area contributed by atoms with Crippen molar-refractivity contribution in [3.05, 3.63) is 35.9 Å². The van der Waals surface area contributed by atoms with Crippen molar-refractivity contribution in [1.29, 1.82) is 0 Å². The summed E-state index contributed by atoms with van der Waals surface area (Å²) in [5, 5.41) is 11.6. The standard InChI is InChI=1S/C31H53NO9Si/c1-5-9-12-22-36-28-20-19-27(17-15-18-30(33)34)26-29(28)37-23-13-10-11-14-24-38-31(35)32-21-16-25-42(39-6-2,40-7-3)41-8-4/h15,18-20,26H,5-14,16-17,21-25H2,1-4H3,(H,32,35)(H,33,34). The van der Waals surface area contributed by atoms with E-state index < -0.39 is 20.9 Å². The van der Waals surface area contributed by atoms with Gasteiger partial charge in [-0.3, -0.25) is 0 Å². The third kappa shape index (κ3) is 17.4. The first-order valence-electron chi connectivity index (χ1n) is 15.5. The number of hydrogen-bond donors (Lipinski definition) is 2. The first kappa shape index (κ1) is 37.4. The molecule has 10 nitrogen and oxygen atoms in total. The second-order valence-corrected chi connectivity index (χ2v) is 12.4. The van der Waals surface area contributed by atoms with Crippen LogP contribution in [0.5, 0.6) is 11.5 Å². The van der Waals surface area contributed by atoms with Crippen LogP contribution in [0.25, 0.3) is 0 Å². The Labute approximate surface area is 253 Å². The number of carboxylic acid groups (broad SMARTS) is 1. The van der Waals surface area contributed by atoms with Gasteiger partial charge in [0.05, 0.1) is 19.8 Å². The molecule has 0 saturated heterocycles. The molecule has 2 N–H and O–H groups in total. The molecule has 0 radical (unpaired) electrons. The highest BCUT2D eigenvalue weighted by Gasteiger charge is 2.39. The number of carbonyl (C=O) groups is 2. The predicted molar refractivity (Wildman–Crippen MR) is 165 cm³/mol. The Hall–Kier alpha value is -2.60. The van der Waals surface area contributed by atoms with E-state index in [0.717, 1.165) is 56.6 Å². The smallest absolute Gasteiger partial charge is 0.490 e. The number of carbonyl (C=O) groups excluding carboxylic acids is 1. The van der Waals surface area contributed by atoms with Gasteiger partial charge in [-0.25, -0.2) is 9.59 Å². The number of hydrogen-bond acceptors (Lipinski definition) is 8. The number of ether oxygens (including phenoxy) is 3. The lowest BCUT2D eigenvalue weighted by Gasteiger charge is -2.28. The van der Waals surface area contributed by atoms with Crippen LogP contribution in [0.15, 0.2) is 30.4 Å². The van der Waals surface area contributed by atoms with E-state index >= 15 is 0 Å². The highest BCUT2D eigenvalue weighted by atomic mass is 28.4. The van der Waals surface area contributed by atoms with Crippen LogP contribution in [0.1, 0.15) is 84.6 Å². The number of nitrogens with one attached hydrogen (secondary N) is 1. The number of rotatable bonds is 26. The van der Waals surface area contributed by atoms with Crippen LogP contribution in [0.4, 0.5) is 4.79 Å². The Bertz CT molecular complexity index is 880. The van der Waals surface area contributed by atoms with E-state index in [1.807, 2.05) is 39.0 Å². The zero-order chi connectivity index (χ0) is 30.9. The van der Waals surface area contributed by atoms with E-state index in [4.69, 9.17) is 32.6 Å². The molecule has 0 unspecified atom stereocenters. The van der Waals surface area contributed by atoms with Gasteiger partial charge in [0.2, 0.25) is 0 Å². The number of carboxylic acids is 1. The van der Waals surface area contributed by atoms with Crippen LogP contribution >= 0.6 is 0 Å². The van der Waals surface area contributed by atoms with Gasteiger partial charge in [0.15, 0.2) is 11.5 Å². The van der Waals surface area contributed by atoms with Gasteiger partial charge in [0, 0.05) is 38.5 Å². The lowest BCUT2D eigenvalue weighted by Crippen LogP contribution is -2.46. The number of amides is 1. The number of benzene rings is 1. The molecule has 0 bridgehead atoms. The first-order chi connectivity index (χ1) is 20.4. The summed E-state index contributed by atoms with van der Waals surface area (Å²) in [6, 6.07) is 6.38. The molecular weight excluding hydrogens is 558 g/mol. The largest absolute Gasteiger partial charge is 0.500 e. The van der Waals surface area contributed by atoms with E-state index in [0.29, 0.717) is 76.6 Å². The van der Waals surface area contributed by atoms with Crippen molar-refractivity contribution in [3.8, 4) is 11.5 Å². The average Bonchev–Trinajstić information content (AvgIpc) is 2.96. The zero-order valence-corrected chi connectivity index (χ0v) is 27.1. The Morgan fingerprint density at radius 3 is 2.05 bits per heavy atom. The molecule has 1 rings (SSSR count). The Morgan fingerprint density at radius 1 is 0.810 bits per heavy atom. The Kier molecular flexibility index (Phi) is 21.3. The SMILES string of the molecule is CCCCCOc1ccc(CC=CC(=O)O)cc1OCCCCCCOC(=O)NCCC[Si](OCC)(OCC)OCC. The molecule has 1 amide bonds. The van der Waals surface area contributed by atoms with Gasteiger partial charge >= 0.3 is 20.9 Å². The van der Waals surface area contributed by atoms with Crippen LogP contribution < -0.4 is 14.8 Å². The lowest BCUT2D eigenvalue weighted by atomic mass is 10.1. The van der Waals surface area contributed by atoms with Gasteiger partial charge in [-0.15, -0.1) is 0 Å². The molecular formula is C31H53NO9Si. The van der Waals surface area contributed by atoms with E-state index in [-0.39, 0.29) is 0 Å².